The molecule has 0 radical (unpaired) electrons. The number of benzene rings is 1. The predicted molar refractivity (Wildman–Crippen MR) is 127 cm³/mol. The van der Waals surface area contributed by atoms with Crippen LogP contribution >= 0.6 is 22.7 Å². The van der Waals surface area contributed by atoms with E-state index in [-0.39, 0.29) is 18.6 Å². The number of aryl methyl sites for hydroxylation is 1. The lowest BCUT2D eigenvalue weighted by Crippen LogP contribution is -2.41. The van der Waals surface area contributed by atoms with Gasteiger partial charge in [0.25, 0.3) is 5.56 Å². The number of anilines is 1. The van der Waals surface area contributed by atoms with E-state index in [9.17, 15) is 14.4 Å². The van der Waals surface area contributed by atoms with E-state index < -0.39 is 11.6 Å². The maximum atomic E-state index is 13.2. The lowest BCUT2D eigenvalue weighted by atomic mass is 10.2. The Labute approximate surface area is 191 Å². The largest absolute Gasteiger partial charge is 0.497 e. The van der Waals surface area contributed by atoms with Crippen molar-refractivity contribution in [2.75, 3.05) is 19.5 Å². The van der Waals surface area contributed by atoms with Crippen molar-refractivity contribution >= 4 is 44.5 Å². The third-order valence-corrected chi connectivity index (χ3v) is 6.81. The molecule has 1 aromatic carbocycles. The molecule has 10 heteroatoms. The topological polar surface area (TPSA) is 91.6 Å². The molecule has 8 nitrogen and oxygen atoms in total. The number of ether oxygens (including phenoxy) is 2. The minimum Gasteiger partial charge on any atom is -0.497 e. The summed E-state index contributed by atoms with van der Waals surface area (Å²) in [5.41, 5.74) is 0.0375. The van der Waals surface area contributed by atoms with Gasteiger partial charge < -0.3 is 14.8 Å². The summed E-state index contributed by atoms with van der Waals surface area (Å²) in [6.45, 7) is 0.00303. The fourth-order valence-corrected chi connectivity index (χ4v) is 4.95. The van der Waals surface area contributed by atoms with E-state index >= 15 is 0 Å². The van der Waals surface area contributed by atoms with E-state index in [0.717, 1.165) is 4.88 Å². The monoisotopic (exact) mass is 471 g/mol. The minimum atomic E-state index is -0.509. The highest BCUT2D eigenvalue weighted by atomic mass is 32.1. The van der Waals surface area contributed by atoms with Gasteiger partial charge in [-0.25, -0.2) is 4.79 Å². The van der Waals surface area contributed by atoms with Crippen LogP contribution in [0.4, 0.5) is 5.69 Å². The zero-order valence-electron chi connectivity index (χ0n) is 17.5. The molecule has 0 spiro atoms. The van der Waals surface area contributed by atoms with Gasteiger partial charge in [0.2, 0.25) is 5.91 Å². The quantitative estimate of drug-likeness (QED) is 0.426. The Kier molecular flexibility index (Phi) is 6.42. The van der Waals surface area contributed by atoms with Crippen LogP contribution < -0.4 is 26.0 Å². The Morgan fingerprint density at radius 3 is 2.59 bits per heavy atom. The number of nitrogens with one attached hydrogen (secondary N) is 1. The summed E-state index contributed by atoms with van der Waals surface area (Å²) in [6.07, 6.45) is 0.566. The number of carbonyl (C=O) groups is 1. The first kappa shape index (κ1) is 21.8. The van der Waals surface area contributed by atoms with Gasteiger partial charge in [0.05, 0.1) is 25.4 Å². The second kappa shape index (κ2) is 9.41. The molecule has 0 saturated carbocycles. The molecule has 4 aromatic rings. The van der Waals surface area contributed by atoms with Gasteiger partial charge in [-0.3, -0.25) is 18.7 Å². The smallest absolute Gasteiger partial charge is 0.332 e. The zero-order chi connectivity index (χ0) is 22.7. The molecule has 1 amide bonds. The summed E-state index contributed by atoms with van der Waals surface area (Å²) in [6, 6.07) is 10.6. The van der Waals surface area contributed by atoms with Gasteiger partial charge in [0.15, 0.2) is 0 Å². The van der Waals surface area contributed by atoms with Crippen LogP contribution in [0.15, 0.2) is 56.7 Å². The number of hydrogen-bond donors (Lipinski definition) is 1. The second-order valence-corrected chi connectivity index (χ2v) is 8.85. The van der Waals surface area contributed by atoms with Crippen LogP contribution in [-0.4, -0.2) is 29.3 Å². The van der Waals surface area contributed by atoms with Crippen molar-refractivity contribution in [2.45, 2.75) is 19.5 Å². The van der Waals surface area contributed by atoms with Gasteiger partial charge >= 0.3 is 5.69 Å². The van der Waals surface area contributed by atoms with Gasteiger partial charge in [-0.15, -0.1) is 22.7 Å². The number of nitrogens with zero attached hydrogens (tertiary/aromatic N) is 2. The number of thiophene rings is 2. The summed E-state index contributed by atoms with van der Waals surface area (Å²) in [5.74, 6) is 0.600. The van der Waals surface area contributed by atoms with Crippen LogP contribution in [0.5, 0.6) is 11.5 Å². The SMILES string of the molecule is COc1ccc(OC)c(NC(=O)Cn2c(=O)n(CCc3cccs3)c(=O)c3sccc32)c1. The van der Waals surface area contributed by atoms with Gasteiger partial charge in [0, 0.05) is 17.5 Å². The molecule has 0 bridgehead atoms. The minimum absolute atomic E-state index is 0.244. The van der Waals surface area contributed by atoms with Crippen LogP contribution in [0.3, 0.4) is 0 Å². The van der Waals surface area contributed by atoms with E-state index in [4.69, 9.17) is 9.47 Å². The Morgan fingerprint density at radius 2 is 1.88 bits per heavy atom. The van der Waals surface area contributed by atoms with Crippen molar-refractivity contribution in [2.24, 2.45) is 0 Å². The number of amides is 1. The Hall–Kier alpha value is -3.37. The maximum Gasteiger partial charge on any atom is 0.332 e. The summed E-state index contributed by atoms with van der Waals surface area (Å²) < 4.78 is 13.5. The lowest BCUT2D eigenvalue weighted by Gasteiger charge is -2.14. The van der Waals surface area contributed by atoms with Crippen LogP contribution in [-0.2, 0) is 24.3 Å². The van der Waals surface area contributed by atoms with Gasteiger partial charge in [0.1, 0.15) is 22.7 Å². The molecule has 0 fully saturated rings. The number of rotatable bonds is 8. The van der Waals surface area contributed by atoms with E-state index in [2.05, 4.69) is 5.32 Å². The lowest BCUT2D eigenvalue weighted by molar-refractivity contribution is -0.116. The van der Waals surface area contributed by atoms with Crippen LogP contribution in [0.1, 0.15) is 4.88 Å². The van der Waals surface area contributed by atoms with Crippen LogP contribution in [0.2, 0.25) is 0 Å². The number of carbonyl (C=O) groups excluding carboxylic acids is 1. The standard InChI is InChI=1S/C22H21N3O5S2/c1-29-14-5-6-18(30-2)16(12-14)23-19(26)13-25-17-8-11-32-20(17)21(27)24(22(25)28)9-7-15-4-3-10-31-15/h3-6,8,10-12H,7,9,13H2,1-2H3,(H,23,26). The molecule has 0 atom stereocenters. The molecule has 1 N–H and O–H groups in total. The van der Waals surface area contributed by atoms with Crippen molar-refractivity contribution in [1.82, 2.24) is 9.13 Å². The molecule has 166 valence electrons. The van der Waals surface area contributed by atoms with E-state index in [0.29, 0.717) is 33.8 Å². The highest BCUT2D eigenvalue weighted by Crippen LogP contribution is 2.29. The molecule has 0 aliphatic heterocycles. The molecular weight excluding hydrogens is 450 g/mol. The highest BCUT2D eigenvalue weighted by molar-refractivity contribution is 7.17. The molecular formula is C22H21N3O5S2. The van der Waals surface area contributed by atoms with E-state index in [1.807, 2.05) is 17.5 Å². The average molecular weight is 472 g/mol. The third kappa shape index (κ3) is 4.32. The van der Waals surface area contributed by atoms with Crippen molar-refractivity contribution in [1.29, 1.82) is 0 Å². The fourth-order valence-electron chi connectivity index (χ4n) is 3.41. The number of aromatic nitrogens is 2. The first-order valence-corrected chi connectivity index (χ1v) is 11.5. The second-order valence-electron chi connectivity index (χ2n) is 6.90. The molecule has 3 aromatic heterocycles. The van der Waals surface area contributed by atoms with Crippen molar-refractivity contribution in [3.63, 3.8) is 0 Å². The van der Waals surface area contributed by atoms with Crippen molar-refractivity contribution in [3.8, 4) is 11.5 Å². The first-order valence-electron chi connectivity index (χ1n) is 9.77. The van der Waals surface area contributed by atoms with Crippen molar-refractivity contribution < 1.29 is 14.3 Å². The first-order chi connectivity index (χ1) is 15.5. The Balaban J connectivity index is 1.65. The summed E-state index contributed by atoms with van der Waals surface area (Å²) in [7, 11) is 3.03. The normalized spacial score (nSPS) is 10.9. The van der Waals surface area contributed by atoms with E-state index in [1.54, 1.807) is 41.0 Å². The number of methoxy groups -OCH3 is 2. The maximum absolute atomic E-state index is 13.2. The number of fused-ring (bicyclic) bond motifs is 1. The molecule has 0 aliphatic rings. The summed E-state index contributed by atoms with van der Waals surface area (Å²) in [5, 5.41) is 6.47. The van der Waals surface area contributed by atoms with Gasteiger partial charge in [-0.2, -0.15) is 0 Å². The predicted octanol–water partition coefficient (Wildman–Crippen LogP) is 3.18. The molecule has 0 aliphatic carbocycles. The average Bonchev–Trinajstić information content (AvgIpc) is 3.49. The Morgan fingerprint density at radius 1 is 1.03 bits per heavy atom. The van der Waals surface area contributed by atoms with Gasteiger partial charge in [-0.05, 0) is 41.4 Å². The molecule has 4 rings (SSSR count). The third-order valence-electron chi connectivity index (χ3n) is 4.98. The van der Waals surface area contributed by atoms with E-state index in [1.165, 1.54) is 34.7 Å². The molecule has 0 saturated heterocycles. The van der Waals surface area contributed by atoms with Crippen LogP contribution in [0, 0.1) is 0 Å². The molecule has 0 unspecified atom stereocenters. The van der Waals surface area contributed by atoms with Crippen LogP contribution in [0.25, 0.3) is 10.2 Å². The Bertz CT molecular complexity index is 1370. The van der Waals surface area contributed by atoms with Crippen molar-refractivity contribution in [3.05, 3.63) is 72.9 Å². The van der Waals surface area contributed by atoms with Gasteiger partial charge in [-0.1, -0.05) is 6.07 Å². The molecule has 3 heterocycles. The fraction of sp³-hybridized carbons (Fsp3) is 0.227. The summed E-state index contributed by atoms with van der Waals surface area (Å²) in [4.78, 5) is 40.0. The zero-order valence-corrected chi connectivity index (χ0v) is 19.1. The number of hydrogen-bond acceptors (Lipinski definition) is 7. The highest BCUT2D eigenvalue weighted by Gasteiger charge is 2.17. The molecule has 32 heavy (non-hydrogen) atoms. The summed E-state index contributed by atoms with van der Waals surface area (Å²) >= 11 is 2.83.